The van der Waals surface area contributed by atoms with Gasteiger partial charge in [-0.3, -0.25) is 15.0 Å². The standard InChI is InChI=1S/C15H13ClN4/c1-10(14-9-17-5-6-18-14)20-13-8-12(16)7-11-3-2-4-19-15(11)13/h2-10,20H,1H3. The Labute approximate surface area is 121 Å². The molecule has 0 aliphatic carbocycles. The molecule has 0 radical (unpaired) electrons. The van der Waals surface area contributed by atoms with Crippen LogP contribution < -0.4 is 5.32 Å². The molecule has 1 atom stereocenters. The molecule has 0 amide bonds. The zero-order valence-electron chi connectivity index (χ0n) is 10.9. The number of hydrogen-bond donors (Lipinski definition) is 1. The van der Waals surface area contributed by atoms with E-state index in [1.54, 1.807) is 24.8 Å². The Bertz CT molecular complexity index is 730. The van der Waals surface area contributed by atoms with Crippen molar-refractivity contribution >= 4 is 28.2 Å². The van der Waals surface area contributed by atoms with Crippen molar-refractivity contribution in [1.29, 1.82) is 0 Å². The van der Waals surface area contributed by atoms with E-state index in [1.807, 2.05) is 31.2 Å². The average Bonchev–Trinajstić information content (AvgIpc) is 2.48. The van der Waals surface area contributed by atoms with Crippen LogP contribution in [-0.4, -0.2) is 15.0 Å². The maximum Gasteiger partial charge on any atom is 0.0934 e. The van der Waals surface area contributed by atoms with Crippen molar-refractivity contribution < 1.29 is 0 Å². The average molecular weight is 285 g/mol. The quantitative estimate of drug-likeness (QED) is 0.794. The topological polar surface area (TPSA) is 50.7 Å². The second-order valence-corrected chi connectivity index (χ2v) is 4.96. The van der Waals surface area contributed by atoms with E-state index in [0.29, 0.717) is 5.02 Å². The fourth-order valence-corrected chi connectivity index (χ4v) is 2.33. The predicted molar refractivity (Wildman–Crippen MR) is 80.8 cm³/mol. The Morgan fingerprint density at radius 3 is 2.85 bits per heavy atom. The number of anilines is 1. The van der Waals surface area contributed by atoms with Crippen LogP contribution in [0.25, 0.3) is 10.9 Å². The molecule has 0 saturated heterocycles. The molecular weight excluding hydrogens is 272 g/mol. The van der Waals surface area contributed by atoms with E-state index >= 15 is 0 Å². The summed E-state index contributed by atoms with van der Waals surface area (Å²) in [6.07, 6.45) is 6.86. The molecule has 0 spiro atoms. The summed E-state index contributed by atoms with van der Waals surface area (Å²) in [5.41, 5.74) is 2.66. The number of nitrogens with zero attached hydrogens (tertiary/aromatic N) is 3. The lowest BCUT2D eigenvalue weighted by molar-refractivity contribution is 0.828. The zero-order valence-corrected chi connectivity index (χ0v) is 11.7. The van der Waals surface area contributed by atoms with Gasteiger partial charge in [-0.05, 0) is 25.1 Å². The van der Waals surface area contributed by atoms with Crippen LogP contribution in [0.5, 0.6) is 0 Å². The van der Waals surface area contributed by atoms with Crippen LogP contribution >= 0.6 is 11.6 Å². The first-order valence-electron chi connectivity index (χ1n) is 6.31. The Balaban J connectivity index is 1.98. The number of nitrogens with one attached hydrogen (secondary N) is 1. The molecule has 1 N–H and O–H groups in total. The van der Waals surface area contributed by atoms with Gasteiger partial charge in [0.2, 0.25) is 0 Å². The van der Waals surface area contributed by atoms with E-state index in [0.717, 1.165) is 22.3 Å². The molecule has 0 fully saturated rings. The highest BCUT2D eigenvalue weighted by molar-refractivity contribution is 6.31. The van der Waals surface area contributed by atoms with E-state index in [4.69, 9.17) is 11.6 Å². The first-order chi connectivity index (χ1) is 9.74. The van der Waals surface area contributed by atoms with Crippen molar-refractivity contribution in [2.75, 3.05) is 5.32 Å². The van der Waals surface area contributed by atoms with Crippen molar-refractivity contribution in [2.45, 2.75) is 13.0 Å². The van der Waals surface area contributed by atoms with Crippen LogP contribution in [-0.2, 0) is 0 Å². The maximum absolute atomic E-state index is 6.16. The fraction of sp³-hybridized carbons (Fsp3) is 0.133. The summed E-state index contributed by atoms with van der Waals surface area (Å²) in [6, 6.07) is 7.69. The number of hydrogen-bond acceptors (Lipinski definition) is 4. The minimum atomic E-state index is 0.0207. The predicted octanol–water partition coefficient (Wildman–Crippen LogP) is 3.85. The molecule has 3 rings (SSSR count). The lowest BCUT2D eigenvalue weighted by atomic mass is 10.1. The fourth-order valence-electron chi connectivity index (χ4n) is 2.11. The van der Waals surface area contributed by atoms with Gasteiger partial charge in [-0.25, -0.2) is 0 Å². The third-order valence-corrected chi connectivity index (χ3v) is 3.29. The van der Waals surface area contributed by atoms with Gasteiger partial charge in [0, 0.05) is 29.0 Å². The second kappa shape index (κ2) is 5.43. The Morgan fingerprint density at radius 2 is 2.05 bits per heavy atom. The summed E-state index contributed by atoms with van der Waals surface area (Å²) in [7, 11) is 0. The second-order valence-electron chi connectivity index (χ2n) is 4.52. The third-order valence-electron chi connectivity index (χ3n) is 3.07. The number of fused-ring (bicyclic) bond motifs is 1. The Hall–Kier alpha value is -2.20. The smallest absolute Gasteiger partial charge is 0.0934 e. The van der Waals surface area contributed by atoms with Gasteiger partial charge < -0.3 is 5.32 Å². The molecule has 2 aromatic heterocycles. The van der Waals surface area contributed by atoms with Crippen molar-refractivity contribution in [3.05, 3.63) is 59.8 Å². The van der Waals surface area contributed by atoms with E-state index < -0.39 is 0 Å². The number of aromatic nitrogens is 3. The van der Waals surface area contributed by atoms with E-state index in [2.05, 4.69) is 20.3 Å². The summed E-state index contributed by atoms with van der Waals surface area (Å²) >= 11 is 6.16. The minimum absolute atomic E-state index is 0.0207. The van der Waals surface area contributed by atoms with Gasteiger partial charge in [0.25, 0.3) is 0 Å². The molecule has 100 valence electrons. The molecule has 20 heavy (non-hydrogen) atoms. The maximum atomic E-state index is 6.16. The summed E-state index contributed by atoms with van der Waals surface area (Å²) in [5, 5.41) is 5.08. The molecule has 4 nitrogen and oxygen atoms in total. The minimum Gasteiger partial charge on any atom is -0.375 e. The molecule has 5 heteroatoms. The summed E-state index contributed by atoms with van der Waals surface area (Å²) in [4.78, 5) is 12.8. The van der Waals surface area contributed by atoms with Crippen molar-refractivity contribution in [1.82, 2.24) is 15.0 Å². The van der Waals surface area contributed by atoms with Crippen LogP contribution in [0.15, 0.2) is 49.1 Å². The largest absolute Gasteiger partial charge is 0.375 e. The summed E-state index contributed by atoms with van der Waals surface area (Å²) in [5.74, 6) is 0. The normalized spacial score (nSPS) is 12.3. The molecule has 0 aliphatic heterocycles. The molecule has 0 saturated carbocycles. The van der Waals surface area contributed by atoms with Gasteiger partial charge in [0.15, 0.2) is 0 Å². The van der Waals surface area contributed by atoms with Crippen molar-refractivity contribution in [3.8, 4) is 0 Å². The molecular formula is C15H13ClN4. The van der Waals surface area contributed by atoms with Crippen LogP contribution in [0.1, 0.15) is 18.7 Å². The lowest BCUT2D eigenvalue weighted by Crippen LogP contribution is -2.09. The number of rotatable bonds is 3. The third kappa shape index (κ3) is 2.56. The van der Waals surface area contributed by atoms with Crippen LogP contribution in [0.3, 0.4) is 0 Å². The summed E-state index contributed by atoms with van der Waals surface area (Å²) < 4.78 is 0. The number of benzene rings is 1. The molecule has 1 unspecified atom stereocenters. The zero-order chi connectivity index (χ0) is 13.9. The van der Waals surface area contributed by atoms with Crippen LogP contribution in [0.2, 0.25) is 5.02 Å². The Kier molecular flexibility index (Phi) is 3.48. The van der Waals surface area contributed by atoms with E-state index in [1.165, 1.54) is 0 Å². The van der Waals surface area contributed by atoms with Gasteiger partial charge in [0.05, 0.1) is 29.1 Å². The number of pyridine rings is 1. The van der Waals surface area contributed by atoms with Gasteiger partial charge >= 0.3 is 0 Å². The van der Waals surface area contributed by atoms with Gasteiger partial charge in [0.1, 0.15) is 0 Å². The van der Waals surface area contributed by atoms with Gasteiger partial charge in [-0.2, -0.15) is 0 Å². The van der Waals surface area contributed by atoms with Gasteiger partial charge in [-0.1, -0.05) is 17.7 Å². The molecule has 3 aromatic rings. The Morgan fingerprint density at radius 1 is 1.15 bits per heavy atom. The molecule has 0 aliphatic rings. The lowest BCUT2D eigenvalue weighted by Gasteiger charge is -2.16. The van der Waals surface area contributed by atoms with Crippen molar-refractivity contribution in [3.63, 3.8) is 0 Å². The van der Waals surface area contributed by atoms with E-state index in [-0.39, 0.29) is 6.04 Å². The van der Waals surface area contributed by atoms with Crippen molar-refractivity contribution in [2.24, 2.45) is 0 Å². The molecule has 1 aromatic carbocycles. The van der Waals surface area contributed by atoms with E-state index in [9.17, 15) is 0 Å². The monoisotopic (exact) mass is 284 g/mol. The first kappa shape index (κ1) is 12.8. The van der Waals surface area contributed by atoms with Gasteiger partial charge in [-0.15, -0.1) is 0 Å². The highest BCUT2D eigenvalue weighted by Gasteiger charge is 2.10. The molecule has 2 heterocycles. The highest BCUT2D eigenvalue weighted by atomic mass is 35.5. The number of halogens is 1. The first-order valence-corrected chi connectivity index (χ1v) is 6.68. The van der Waals surface area contributed by atoms with Crippen LogP contribution in [0, 0.1) is 0 Å². The summed E-state index contributed by atoms with van der Waals surface area (Å²) in [6.45, 7) is 2.03. The molecule has 0 bridgehead atoms. The SMILES string of the molecule is CC(Nc1cc(Cl)cc2cccnc12)c1cnccn1. The highest BCUT2D eigenvalue weighted by Crippen LogP contribution is 2.28. The van der Waals surface area contributed by atoms with Crippen LogP contribution in [0.4, 0.5) is 5.69 Å².